The van der Waals surface area contributed by atoms with Gasteiger partial charge in [-0.05, 0) is 39.3 Å². The quantitative estimate of drug-likeness (QED) is 0.800. The Labute approximate surface area is 131 Å². The third kappa shape index (κ3) is 2.82. The highest BCUT2D eigenvalue weighted by Crippen LogP contribution is 2.46. The van der Waals surface area contributed by atoms with Crippen LogP contribution in [0.25, 0.3) is 0 Å². The molecule has 0 saturated carbocycles. The van der Waals surface area contributed by atoms with Crippen molar-refractivity contribution in [3.8, 4) is 0 Å². The van der Waals surface area contributed by atoms with Gasteiger partial charge in [0.25, 0.3) is 0 Å². The first-order valence-corrected chi connectivity index (χ1v) is 7.94. The summed E-state index contributed by atoms with van der Waals surface area (Å²) in [4.78, 5) is 18.6. The van der Waals surface area contributed by atoms with Gasteiger partial charge in [0.1, 0.15) is 11.2 Å². The van der Waals surface area contributed by atoms with Crippen LogP contribution in [0, 0.1) is 5.92 Å². The molecule has 0 aliphatic carbocycles. The van der Waals surface area contributed by atoms with Crippen LogP contribution in [-0.4, -0.2) is 41.3 Å². The van der Waals surface area contributed by atoms with Crippen LogP contribution in [0.3, 0.4) is 0 Å². The zero-order valence-electron chi connectivity index (χ0n) is 13.5. The first kappa shape index (κ1) is 15.3. The first-order chi connectivity index (χ1) is 10.4. The lowest BCUT2D eigenvalue weighted by atomic mass is 9.78. The third-order valence-electron chi connectivity index (χ3n) is 4.43. The Balaban J connectivity index is 1.76. The van der Waals surface area contributed by atoms with Crippen LogP contribution in [0.2, 0.25) is 0 Å². The normalized spacial score (nSPS) is 28.3. The predicted molar refractivity (Wildman–Crippen MR) is 82.4 cm³/mol. The van der Waals surface area contributed by atoms with Gasteiger partial charge in [-0.3, -0.25) is 4.98 Å². The molecule has 2 fully saturated rings. The van der Waals surface area contributed by atoms with Crippen molar-refractivity contribution in [3.63, 3.8) is 0 Å². The minimum absolute atomic E-state index is 0.228. The van der Waals surface area contributed by atoms with E-state index in [0.717, 1.165) is 25.1 Å². The highest BCUT2D eigenvalue weighted by molar-refractivity contribution is 5.68. The molecule has 1 aromatic rings. The Bertz CT molecular complexity index is 541. The van der Waals surface area contributed by atoms with Gasteiger partial charge >= 0.3 is 6.09 Å². The average Bonchev–Trinajstić information content (AvgIpc) is 2.90. The van der Waals surface area contributed by atoms with Crippen molar-refractivity contribution in [1.82, 2.24) is 9.88 Å². The molecule has 0 bridgehead atoms. The highest BCUT2D eigenvalue weighted by atomic mass is 16.6. The lowest BCUT2D eigenvalue weighted by molar-refractivity contribution is -0.0740. The van der Waals surface area contributed by atoms with E-state index in [1.807, 2.05) is 50.1 Å². The Morgan fingerprint density at radius 3 is 2.95 bits per heavy atom. The standard InChI is InChI=1S/C17H24N2O3/c1-16(2,3)22-15(20)19-10-8-17(13(12-19)7-11-21-17)14-6-4-5-9-18-14/h4-6,9,13H,7-8,10-12H2,1-3H3/t13?,17-/m0/s1. The number of amides is 1. The fourth-order valence-corrected chi connectivity index (χ4v) is 3.42. The number of piperidine rings is 1. The number of carbonyl (C=O) groups is 1. The number of hydrogen-bond acceptors (Lipinski definition) is 4. The zero-order chi connectivity index (χ0) is 15.8. The number of ether oxygens (including phenoxy) is 2. The molecule has 120 valence electrons. The van der Waals surface area contributed by atoms with Crippen LogP contribution >= 0.6 is 0 Å². The van der Waals surface area contributed by atoms with Gasteiger partial charge in [0.05, 0.1) is 5.69 Å². The van der Waals surface area contributed by atoms with Gasteiger partial charge in [-0.25, -0.2) is 4.79 Å². The van der Waals surface area contributed by atoms with E-state index in [-0.39, 0.29) is 17.6 Å². The third-order valence-corrected chi connectivity index (χ3v) is 4.43. The number of nitrogens with zero attached hydrogens (tertiary/aromatic N) is 2. The van der Waals surface area contributed by atoms with E-state index in [1.54, 1.807) is 0 Å². The van der Waals surface area contributed by atoms with Gasteiger partial charge in [-0.2, -0.15) is 0 Å². The van der Waals surface area contributed by atoms with Gasteiger partial charge in [0, 0.05) is 38.2 Å². The summed E-state index contributed by atoms with van der Waals surface area (Å²) >= 11 is 0. The molecule has 1 unspecified atom stereocenters. The fraction of sp³-hybridized carbons (Fsp3) is 0.647. The van der Waals surface area contributed by atoms with Crippen LogP contribution in [-0.2, 0) is 15.1 Å². The SMILES string of the molecule is CC(C)(C)OC(=O)N1CC[C@]2(c3ccccn3)OCCC2C1. The Morgan fingerprint density at radius 2 is 2.27 bits per heavy atom. The summed E-state index contributed by atoms with van der Waals surface area (Å²) in [5.74, 6) is 0.281. The summed E-state index contributed by atoms with van der Waals surface area (Å²) < 4.78 is 11.6. The van der Waals surface area contributed by atoms with Gasteiger partial charge < -0.3 is 14.4 Å². The molecule has 3 rings (SSSR count). The van der Waals surface area contributed by atoms with Crippen molar-refractivity contribution in [2.24, 2.45) is 5.92 Å². The molecule has 2 aliphatic rings. The monoisotopic (exact) mass is 304 g/mol. The molecule has 2 saturated heterocycles. The molecule has 1 amide bonds. The van der Waals surface area contributed by atoms with E-state index >= 15 is 0 Å². The van der Waals surface area contributed by atoms with Crippen LogP contribution in [0.5, 0.6) is 0 Å². The van der Waals surface area contributed by atoms with Crippen molar-refractivity contribution in [1.29, 1.82) is 0 Å². The molecule has 2 aliphatic heterocycles. The minimum atomic E-state index is -0.460. The van der Waals surface area contributed by atoms with Crippen LogP contribution < -0.4 is 0 Å². The smallest absolute Gasteiger partial charge is 0.410 e. The molecular formula is C17H24N2O3. The average molecular weight is 304 g/mol. The number of carbonyl (C=O) groups excluding carboxylic acids is 1. The molecule has 1 aromatic heterocycles. The van der Waals surface area contributed by atoms with E-state index in [0.29, 0.717) is 13.1 Å². The van der Waals surface area contributed by atoms with Crippen molar-refractivity contribution in [3.05, 3.63) is 30.1 Å². The molecule has 0 aromatic carbocycles. The summed E-state index contributed by atoms with van der Waals surface area (Å²) in [7, 11) is 0. The maximum absolute atomic E-state index is 12.3. The second-order valence-electron chi connectivity index (χ2n) is 7.11. The maximum atomic E-state index is 12.3. The van der Waals surface area contributed by atoms with E-state index in [9.17, 15) is 4.79 Å². The summed E-state index contributed by atoms with van der Waals surface area (Å²) in [6, 6.07) is 5.94. The zero-order valence-corrected chi connectivity index (χ0v) is 13.5. The van der Waals surface area contributed by atoms with E-state index in [1.165, 1.54) is 0 Å². The number of fused-ring (bicyclic) bond motifs is 1. The highest BCUT2D eigenvalue weighted by Gasteiger charge is 2.51. The van der Waals surface area contributed by atoms with E-state index in [2.05, 4.69) is 4.98 Å². The van der Waals surface area contributed by atoms with E-state index in [4.69, 9.17) is 9.47 Å². The lowest BCUT2D eigenvalue weighted by Crippen LogP contribution is -2.51. The van der Waals surface area contributed by atoms with E-state index < -0.39 is 5.60 Å². The Morgan fingerprint density at radius 1 is 1.45 bits per heavy atom. The molecule has 5 nitrogen and oxygen atoms in total. The summed E-state index contributed by atoms with van der Waals surface area (Å²) in [5, 5.41) is 0. The molecule has 2 atom stereocenters. The van der Waals surface area contributed by atoms with Crippen molar-refractivity contribution in [2.45, 2.75) is 44.8 Å². The molecule has 0 radical (unpaired) electrons. The van der Waals surface area contributed by atoms with Gasteiger partial charge in [-0.15, -0.1) is 0 Å². The largest absolute Gasteiger partial charge is 0.444 e. The Kier molecular flexibility index (Phi) is 3.85. The molecule has 5 heteroatoms. The number of hydrogen-bond donors (Lipinski definition) is 0. The fourth-order valence-electron chi connectivity index (χ4n) is 3.42. The number of pyridine rings is 1. The van der Waals surface area contributed by atoms with Crippen molar-refractivity contribution < 1.29 is 14.3 Å². The van der Waals surface area contributed by atoms with Crippen LogP contribution in [0.4, 0.5) is 4.79 Å². The maximum Gasteiger partial charge on any atom is 0.410 e. The van der Waals surface area contributed by atoms with Gasteiger partial charge in [-0.1, -0.05) is 6.07 Å². The predicted octanol–water partition coefficient (Wildman–Crippen LogP) is 2.95. The van der Waals surface area contributed by atoms with Gasteiger partial charge in [0.2, 0.25) is 0 Å². The Hall–Kier alpha value is -1.62. The number of aromatic nitrogens is 1. The topological polar surface area (TPSA) is 51.7 Å². The first-order valence-electron chi connectivity index (χ1n) is 7.94. The molecule has 3 heterocycles. The summed E-state index contributed by atoms with van der Waals surface area (Å²) in [5.41, 5.74) is 0.194. The van der Waals surface area contributed by atoms with Crippen molar-refractivity contribution in [2.75, 3.05) is 19.7 Å². The minimum Gasteiger partial charge on any atom is -0.444 e. The lowest BCUT2D eigenvalue weighted by Gasteiger charge is -2.42. The summed E-state index contributed by atoms with van der Waals surface area (Å²) in [6.07, 6.45) is 3.31. The van der Waals surface area contributed by atoms with Crippen LogP contribution in [0.15, 0.2) is 24.4 Å². The molecule has 22 heavy (non-hydrogen) atoms. The second-order valence-corrected chi connectivity index (χ2v) is 7.11. The number of rotatable bonds is 1. The van der Waals surface area contributed by atoms with Gasteiger partial charge in [0.15, 0.2) is 0 Å². The van der Waals surface area contributed by atoms with Crippen molar-refractivity contribution >= 4 is 6.09 Å². The number of likely N-dealkylation sites (tertiary alicyclic amines) is 1. The second kappa shape index (κ2) is 5.54. The molecule has 0 spiro atoms. The molecular weight excluding hydrogens is 280 g/mol. The summed E-state index contributed by atoms with van der Waals surface area (Å²) in [6.45, 7) is 7.72. The van der Waals surface area contributed by atoms with Crippen LogP contribution in [0.1, 0.15) is 39.3 Å². The molecule has 0 N–H and O–H groups in total.